The predicted octanol–water partition coefficient (Wildman–Crippen LogP) is 5.82. The van der Waals surface area contributed by atoms with Crippen LogP contribution in [0.25, 0.3) is 0 Å². The third-order valence-corrected chi connectivity index (χ3v) is 7.14. The van der Waals surface area contributed by atoms with E-state index < -0.39 is 11.3 Å². The lowest BCUT2D eigenvalue weighted by atomic mass is 10.1. The second-order valence-corrected chi connectivity index (χ2v) is 9.47. The minimum absolute atomic E-state index is 0.174. The molecule has 5 rings (SSSR count). The number of carbonyl (C=O) groups is 2. The minimum atomic E-state index is -0.645. The van der Waals surface area contributed by atoms with Gasteiger partial charge in [-0.1, -0.05) is 78.8 Å². The quantitative estimate of drug-likeness (QED) is 0.491. The summed E-state index contributed by atoms with van der Waals surface area (Å²) in [5, 5.41) is 3.45. The second kappa shape index (κ2) is 9.44. The van der Waals surface area contributed by atoms with E-state index in [2.05, 4.69) is 5.32 Å². The van der Waals surface area contributed by atoms with Gasteiger partial charge in [0.15, 0.2) is 11.2 Å². The van der Waals surface area contributed by atoms with Crippen LogP contribution in [0.2, 0.25) is 5.02 Å². The first-order valence-corrected chi connectivity index (χ1v) is 12.2. The highest BCUT2D eigenvalue weighted by atomic mass is 35.5. The molecular formula is C26H21ClN4O2S. The number of rotatable bonds is 5. The summed E-state index contributed by atoms with van der Waals surface area (Å²) in [6.07, 6.45) is 0.550. The van der Waals surface area contributed by atoms with Crippen LogP contribution in [0.4, 0.5) is 11.4 Å². The van der Waals surface area contributed by atoms with Gasteiger partial charge in [-0.3, -0.25) is 9.59 Å². The molecule has 0 unspecified atom stereocenters. The third kappa shape index (κ3) is 4.24. The fourth-order valence-electron chi connectivity index (χ4n) is 3.92. The normalized spacial score (nSPS) is 17.4. The van der Waals surface area contributed by atoms with Crippen molar-refractivity contribution >= 4 is 57.6 Å². The molecule has 0 saturated heterocycles. The highest BCUT2D eigenvalue weighted by molar-refractivity contribution is 8.15. The van der Waals surface area contributed by atoms with Crippen LogP contribution in [0.1, 0.15) is 30.5 Å². The summed E-state index contributed by atoms with van der Waals surface area (Å²) >= 11 is 7.32. The van der Waals surface area contributed by atoms with Crippen LogP contribution in [0, 0.1) is 0 Å². The number of hydrogen-bond donors (Lipinski definition) is 1. The van der Waals surface area contributed by atoms with E-state index in [1.165, 1.54) is 11.8 Å². The van der Waals surface area contributed by atoms with Gasteiger partial charge in [0.2, 0.25) is 5.91 Å². The van der Waals surface area contributed by atoms with Gasteiger partial charge in [-0.2, -0.15) is 0 Å². The van der Waals surface area contributed by atoms with Crippen molar-refractivity contribution in [3.63, 3.8) is 0 Å². The second-order valence-electron chi connectivity index (χ2n) is 7.87. The van der Waals surface area contributed by atoms with Crippen molar-refractivity contribution in [3.05, 3.63) is 95.0 Å². The van der Waals surface area contributed by atoms with Gasteiger partial charge in [-0.15, -0.1) is 0 Å². The lowest BCUT2D eigenvalue weighted by Crippen LogP contribution is -2.41. The Bertz CT molecular complexity index is 1330. The zero-order chi connectivity index (χ0) is 23.7. The number of thioether (sulfide) groups is 1. The number of carbonyl (C=O) groups excluding carboxylic acids is 2. The molecule has 0 aliphatic carbocycles. The summed E-state index contributed by atoms with van der Waals surface area (Å²) in [7, 11) is 0. The van der Waals surface area contributed by atoms with E-state index in [9.17, 15) is 9.59 Å². The van der Waals surface area contributed by atoms with Crippen LogP contribution in [-0.4, -0.2) is 33.0 Å². The Balaban J connectivity index is 1.46. The van der Waals surface area contributed by atoms with Crippen molar-refractivity contribution in [1.29, 1.82) is 0 Å². The van der Waals surface area contributed by atoms with Crippen molar-refractivity contribution in [2.45, 2.75) is 24.6 Å². The predicted molar refractivity (Wildman–Crippen MR) is 138 cm³/mol. The van der Waals surface area contributed by atoms with Crippen LogP contribution >= 0.6 is 23.4 Å². The standard InChI is InChI=1S/C26H21ClN4O2S/c1-2-21(24(32)28-18-12-8-11-17(27)15-18)34-26-29-20-14-7-6-13-19(20)23-30-22(25(33)31(23)26)16-9-4-3-5-10-16/h3-15,21-22H,2H2,1H3,(H,28,32)/t21-,22+/m1/s1. The number of amides is 2. The highest BCUT2D eigenvalue weighted by Gasteiger charge is 2.43. The molecule has 1 N–H and O–H groups in total. The molecule has 0 aromatic heterocycles. The van der Waals surface area contributed by atoms with Gasteiger partial charge in [0.1, 0.15) is 5.84 Å². The van der Waals surface area contributed by atoms with Crippen LogP contribution in [0.3, 0.4) is 0 Å². The molecule has 0 saturated carbocycles. The number of hydrogen-bond acceptors (Lipinski definition) is 5. The van der Waals surface area contributed by atoms with Crippen LogP contribution in [-0.2, 0) is 9.59 Å². The number of para-hydroxylation sites is 1. The van der Waals surface area contributed by atoms with Gasteiger partial charge in [0.05, 0.1) is 10.9 Å². The molecule has 0 bridgehead atoms. The van der Waals surface area contributed by atoms with Crippen LogP contribution in [0.5, 0.6) is 0 Å². The summed E-state index contributed by atoms with van der Waals surface area (Å²) in [6.45, 7) is 1.93. The molecule has 2 amide bonds. The molecule has 6 nitrogen and oxygen atoms in total. The number of halogens is 1. The van der Waals surface area contributed by atoms with Crippen molar-refractivity contribution in [2.75, 3.05) is 5.32 Å². The maximum absolute atomic E-state index is 13.5. The first-order valence-electron chi connectivity index (χ1n) is 10.9. The lowest BCUT2D eigenvalue weighted by molar-refractivity contribution is -0.124. The Hall–Kier alpha value is -3.42. The van der Waals surface area contributed by atoms with Crippen LogP contribution in [0.15, 0.2) is 88.8 Å². The number of amidine groups is 2. The average Bonchev–Trinajstić information content (AvgIpc) is 3.20. The molecule has 2 aliphatic rings. The molecule has 3 aromatic carbocycles. The number of aliphatic imine (C=N–C) groups is 2. The monoisotopic (exact) mass is 488 g/mol. The molecule has 0 fully saturated rings. The van der Waals surface area contributed by atoms with E-state index in [-0.39, 0.29) is 11.8 Å². The minimum Gasteiger partial charge on any atom is -0.325 e. The zero-order valence-corrected chi connectivity index (χ0v) is 19.9. The summed E-state index contributed by atoms with van der Waals surface area (Å²) < 4.78 is 0. The third-order valence-electron chi connectivity index (χ3n) is 5.59. The molecule has 8 heteroatoms. The largest absolute Gasteiger partial charge is 0.325 e. The molecule has 0 spiro atoms. The SMILES string of the molecule is CC[C@@H](SC1=Nc2ccccc2C2=N[C@@H](c3ccccc3)C(=O)N12)C(=O)Nc1cccc(Cl)c1. The Morgan fingerprint density at radius 2 is 1.85 bits per heavy atom. The van der Waals surface area contributed by atoms with Gasteiger partial charge in [0, 0.05) is 16.3 Å². The molecule has 2 aliphatic heterocycles. The molecule has 34 heavy (non-hydrogen) atoms. The lowest BCUT2D eigenvalue weighted by Gasteiger charge is -2.27. The maximum Gasteiger partial charge on any atom is 0.263 e. The van der Waals surface area contributed by atoms with Crippen molar-refractivity contribution in [3.8, 4) is 0 Å². The maximum atomic E-state index is 13.5. The van der Waals surface area contributed by atoms with Gasteiger partial charge in [0.25, 0.3) is 5.91 Å². The number of nitrogens with zero attached hydrogens (tertiary/aromatic N) is 3. The van der Waals surface area contributed by atoms with Gasteiger partial charge >= 0.3 is 0 Å². The molecule has 2 heterocycles. The average molecular weight is 489 g/mol. The van der Waals surface area contributed by atoms with E-state index in [1.54, 1.807) is 29.2 Å². The van der Waals surface area contributed by atoms with E-state index in [0.29, 0.717) is 28.1 Å². The number of benzene rings is 3. The molecule has 170 valence electrons. The van der Waals surface area contributed by atoms with Gasteiger partial charge < -0.3 is 5.32 Å². The Kier molecular flexibility index (Phi) is 6.22. The summed E-state index contributed by atoms with van der Waals surface area (Å²) in [5.41, 5.74) is 2.97. The Morgan fingerprint density at radius 1 is 1.09 bits per heavy atom. The fourth-order valence-corrected chi connectivity index (χ4v) is 5.13. The summed E-state index contributed by atoms with van der Waals surface area (Å²) in [4.78, 5) is 37.7. The molecule has 2 atom stereocenters. The number of fused-ring (bicyclic) bond motifs is 3. The van der Waals surface area contributed by atoms with Gasteiger partial charge in [-0.05, 0) is 42.3 Å². The van der Waals surface area contributed by atoms with Gasteiger partial charge in [-0.25, -0.2) is 14.9 Å². The molecule has 3 aromatic rings. The smallest absolute Gasteiger partial charge is 0.263 e. The molecular weight excluding hydrogens is 468 g/mol. The summed E-state index contributed by atoms with van der Waals surface area (Å²) in [6, 6.07) is 23.5. The van der Waals surface area contributed by atoms with Crippen molar-refractivity contribution in [2.24, 2.45) is 9.98 Å². The molecule has 0 radical (unpaired) electrons. The fraction of sp³-hybridized carbons (Fsp3) is 0.154. The Morgan fingerprint density at radius 3 is 2.62 bits per heavy atom. The number of anilines is 1. The highest BCUT2D eigenvalue weighted by Crippen LogP contribution is 2.38. The first kappa shape index (κ1) is 22.4. The van der Waals surface area contributed by atoms with E-state index in [1.807, 2.05) is 61.5 Å². The topological polar surface area (TPSA) is 74.1 Å². The van der Waals surface area contributed by atoms with E-state index in [4.69, 9.17) is 21.6 Å². The van der Waals surface area contributed by atoms with E-state index in [0.717, 1.165) is 16.8 Å². The van der Waals surface area contributed by atoms with Crippen molar-refractivity contribution in [1.82, 2.24) is 4.90 Å². The van der Waals surface area contributed by atoms with E-state index >= 15 is 0 Å². The summed E-state index contributed by atoms with van der Waals surface area (Å²) in [5.74, 6) is 0.213. The van der Waals surface area contributed by atoms with Crippen molar-refractivity contribution < 1.29 is 9.59 Å². The Labute approximate surface area is 206 Å². The first-order chi connectivity index (χ1) is 16.5. The van der Waals surface area contributed by atoms with Crippen LogP contribution < -0.4 is 5.32 Å². The number of nitrogens with one attached hydrogen (secondary N) is 1. The zero-order valence-electron chi connectivity index (χ0n) is 18.3.